The van der Waals surface area contributed by atoms with Crippen molar-refractivity contribution in [1.29, 1.82) is 0 Å². The highest BCUT2D eigenvalue weighted by Crippen LogP contribution is 2.23. The predicted molar refractivity (Wildman–Crippen MR) is 109 cm³/mol. The van der Waals surface area contributed by atoms with Crippen molar-refractivity contribution in [2.75, 3.05) is 0 Å². The molecule has 3 N–H and O–H groups in total. The van der Waals surface area contributed by atoms with Crippen LogP contribution in [0, 0.1) is 10.1 Å². The molecule has 0 saturated heterocycles. The molecule has 0 bridgehead atoms. The van der Waals surface area contributed by atoms with E-state index in [2.05, 4.69) is 19.9 Å². The monoisotopic (exact) mass is 415 g/mol. The standard InChI is InChI=1S/C19H18ClN5O4/c1-19(2,3)16-13(21-9-22-16)8-15-18(27)23-14(17(26)24-15)7-10-6-11(25(28)29)4-5-12(10)20/h4-9H,1-3H3,(H,21,22)(H,23,27)(H,24,26). The second-order valence-electron chi connectivity index (χ2n) is 7.40. The largest absolute Gasteiger partial charge is 0.348 e. The molecule has 9 nitrogen and oxygen atoms in total. The van der Waals surface area contributed by atoms with Crippen molar-refractivity contribution < 1.29 is 4.92 Å². The zero-order valence-corrected chi connectivity index (χ0v) is 16.6. The summed E-state index contributed by atoms with van der Waals surface area (Å²) in [6.45, 7) is 5.98. The number of nitro benzene ring substituents is 1. The Morgan fingerprint density at radius 2 is 1.72 bits per heavy atom. The number of non-ortho nitro benzene ring substituents is 1. The number of hydrogen-bond donors (Lipinski definition) is 3. The molecule has 0 saturated carbocycles. The van der Waals surface area contributed by atoms with Crippen LogP contribution in [0.5, 0.6) is 0 Å². The lowest BCUT2D eigenvalue weighted by atomic mass is 9.90. The third-order valence-corrected chi connectivity index (χ3v) is 4.52. The Kier molecular flexibility index (Phi) is 5.25. The van der Waals surface area contributed by atoms with Gasteiger partial charge in [0.05, 0.1) is 16.9 Å². The highest BCUT2D eigenvalue weighted by atomic mass is 35.5. The van der Waals surface area contributed by atoms with Gasteiger partial charge in [-0.05, 0) is 18.2 Å². The minimum absolute atomic E-state index is 0.0369. The lowest BCUT2D eigenvalue weighted by Gasteiger charge is -2.16. The molecule has 0 aliphatic carbocycles. The van der Waals surface area contributed by atoms with E-state index in [0.717, 1.165) is 5.69 Å². The molecule has 2 aromatic heterocycles. The van der Waals surface area contributed by atoms with Gasteiger partial charge in [-0.25, -0.2) is 4.98 Å². The number of halogens is 1. The van der Waals surface area contributed by atoms with Crippen LogP contribution in [-0.2, 0) is 5.41 Å². The normalized spacial score (nSPS) is 13.1. The second-order valence-corrected chi connectivity index (χ2v) is 7.81. The summed E-state index contributed by atoms with van der Waals surface area (Å²) in [5, 5.41) is 11.1. The predicted octanol–water partition coefficient (Wildman–Crippen LogP) is 1.30. The Bertz CT molecular complexity index is 1330. The van der Waals surface area contributed by atoms with Gasteiger partial charge < -0.3 is 15.0 Å². The molecule has 0 amide bonds. The summed E-state index contributed by atoms with van der Waals surface area (Å²) in [5.41, 5.74) is 0.0566. The van der Waals surface area contributed by atoms with E-state index in [1.807, 2.05) is 20.8 Å². The van der Waals surface area contributed by atoms with Crippen LogP contribution >= 0.6 is 11.6 Å². The Balaban J connectivity index is 2.16. The van der Waals surface area contributed by atoms with Gasteiger partial charge in [0.25, 0.3) is 16.8 Å². The van der Waals surface area contributed by atoms with Crippen molar-refractivity contribution in [3.05, 3.63) is 88.0 Å². The molecule has 2 heterocycles. The number of aromatic amines is 3. The number of nitrogens with zero attached hydrogens (tertiary/aromatic N) is 2. The van der Waals surface area contributed by atoms with Gasteiger partial charge in [-0.3, -0.25) is 19.7 Å². The van der Waals surface area contributed by atoms with Gasteiger partial charge in [0, 0.05) is 33.8 Å². The van der Waals surface area contributed by atoms with Gasteiger partial charge in [0.2, 0.25) is 0 Å². The molecular formula is C19H18ClN5O4. The molecule has 0 atom stereocenters. The number of benzene rings is 1. The molecule has 29 heavy (non-hydrogen) atoms. The maximum absolute atomic E-state index is 12.5. The van der Waals surface area contributed by atoms with Crippen molar-refractivity contribution in [2.24, 2.45) is 0 Å². The van der Waals surface area contributed by atoms with Crippen LogP contribution in [0.2, 0.25) is 5.02 Å². The second kappa shape index (κ2) is 7.51. The van der Waals surface area contributed by atoms with Gasteiger partial charge >= 0.3 is 0 Å². The van der Waals surface area contributed by atoms with Crippen molar-refractivity contribution in [3.8, 4) is 0 Å². The molecule has 0 aliphatic rings. The average Bonchev–Trinajstić information content (AvgIpc) is 3.09. The van der Waals surface area contributed by atoms with Crippen LogP contribution in [0.15, 0.2) is 34.1 Å². The first-order valence-electron chi connectivity index (χ1n) is 8.60. The fraction of sp³-hybridized carbons (Fsp3) is 0.211. The van der Waals surface area contributed by atoms with Crippen LogP contribution in [0.1, 0.15) is 37.7 Å². The number of rotatable bonds is 3. The first-order valence-corrected chi connectivity index (χ1v) is 8.98. The van der Waals surface area contributed by atoms with Gasteiger partial charge in [-0.2, -0.15) is 0 Å². The summed E-state index contributed by atoms with van der Waals surface area (Å²) in [5.74, 6) is 0. The number of imidazole rings is 1. The van der Waals surface area contributed by atoms with Gasteiger partial charge in [0.1, 0.15) is 10.7 Å². The molecule has 0 radical (unpaired) electrons. The molecule has 0 spiro atoms. The molecule has 150 valence electrons. The molecule has 1 aromatic carbocycles. The smallest absolute Gasteiger partial charge is 0.272 e. The van der Waals surface area contributed by atoms with Crippen LogP contribution < -0.4 is 21.8 Å². The highest BCUT2D eigenvalue weighted by molar-refractivity contribution is 6.32. The maximum atomic E-state index is 12.5. The molecule has 10 heteroatoms. The molecule has 3 aromatic rings. The molecule has 0 unspecified atom stereocenters. The van der Waals surface area contributed by atoms with Gasteiger partial charge in [-0.1, -0.05) is 32.4 Å². The van der Waals surface area contributed by atoms with Crippen molar-refractivity contribution in [3.63, 3.8) is 0 Å². The number of nitro groups is 1. The molecule has 0 fully saturated rings. The Morgan fingerprint density at radius 1 is 1.10 bits per heavy atom. The van der Waals surface area contributed by atoms with E-state index in [0.29, 0.717) is 5.69 Å². The van der Waals surface area contributed by atoms with Crippen LogP contribution in [0.3, 0.4) is 0 Å². The topological polar surface area (TPSA) is 138 Å². The summed E-state index contributed by atoms with van der Waals surface area (Å²) < 4.78 is 0. The summed E-state index contributed by atoms with van der Waals surface area (Å²) in [4.78, 5) is 47.5. The summed E-state index contributed by atoms with van der Waals surface area (Å²) in [6, 6.07) is 3.83. The van der Waals surface area contributed by atoms with Crippen molar-refractivity contribution in [1.82, 2.24) is 19.9 Å². The Labute approximate surface area is 169 Å². The van der Waals surface area contributed by atoms with Gasteiger partial charge in [-0.15, -0.1) is 0 Å². The quantitative estimate of drug-likeness (QED) is 0.437. The fourth-order valence-electron chi connectivity index (χ4n) is 2.76. The first-order chi connectivity index (χ1) is 13.6. The average molecular weight is 416 g/mol. The number of hydrogen-bond acceptors (Lipinski definition) is 5. The minimum atomic E-state index is -0.578. The van der Waals surface area contributed by atoms with Crippen molar-refractivity contribution in [2.45, 2.75) is 26.2 Å². The van der Waals surface area contributed by atoms with Gasteiger partial charge in [0.15, 0.2) is 0 Å². The SMILES string of the molecule is CC(C)(C)c1[nH]cnc1C=c1[nH]c(=O)c(=Cc2cc([N+](=O)[O-])ccc2Cl)[nH]c1=O. The van der Waals surface area contributed by atoms with E-state index in [1.165, 1.54) is 36.7 Å². The van der Waals surface area contributed by atoms with Crippen molar-refractivity contribution >= 4 is 29.4 Å². The van der Waals surface area contributed by atoms with E-state index < -0.39 is 16.0 Å². The number of aromatic nitrogens is 4. The summed E-state index contributed by atoms with van der Waals surface area (Å²) in [7, 11) is 0. The Morgan fingerprint density at radius 3 is 2.31 bits per heavy atom. The summed E-state index contributed by atoms with van der Waals surface area (Å²) in [6.07, 6.45) is 4.29. The minimum Gasteiger partial charge on any atom is -0.348 e. The molecule has 0 aliphatic heterocycles. The zero-order valence-electron chi connectivity index (χ0n) is 15.9. The van der Waals surface area contributed by atoms with E-state index >= 15 is 0 Å². The van der Waals surface area contributed by atoms with E-state index in [9.17, 15) is 19.7 Å². The van der Waals surface area contributed by atoms with Crippen LogP contribution in [0.25, 0.3) is 12.2 Å². The van der Waals surface area contributed by atoms with E-state index in [-0.39, 0.29) is 32.4 Å². The highest BCUT2D eigenvalue weighted by Gasteiger charge is 2.19. The Hall–Kier alpha value is -3.46. The zero-order chi connectivity index (χ0) is 21.3. The third-order valence-electron chi connectivity index (χ3n) is 4.18. The van der Waals surface area contributed by atoms with Crippen LogP contribution in [0.4, 0.5) is 5.69 Å². The maximum Gasteiger partial charge on any atom is 0.272 e. The number of H-pyrrole nitrogens is 3. The van der Waals surface area contributed by atoms with E-state index in [4.69, 9.17) is 11.6 Å². The summed E-state index contributed by atoms with van der Waals surface area (Å²) >= 11 is 6.05. The molecular weight excluding hydrogens is 398 g/mol. The van der Waals surface area contributed by atoms with Crippen LogP contribution in [-0.4, -0.2) is 24.9 Å². The fourth-order valence-corrected chi connectivity index (χ4v) is 2.93. The van der Waals surface area contributed by atoms with E-state index in [1.54, 1.807) is 0 Å². The third kappa shape index (κ3) is 4.35. The lowest BCUT2D eigenvalue weighted by Crippen LogP contribution is -2.46. The number of nitrogens with one attached hydrogen (secondary N) is 3. The lowest BCUT2D eigenvalue weighted by molar-refractivity contribution is -0.384. The molecule has 3 rings (SSSR count). The first kappa shape index (κ1) is 20.3.